The van der Waals surface area contributed by atoms with Crippen LogP contribution in [-0.2, 0) is 4.79 Å². The van der Waals surface area contributed by atoms with Gasteiger partial charge in [0.15, 0.2) is 5.65 Å². The third-order valence-electron chi connectivity index (χ3n) is 5.65. The first-order chi connectivity index (χ1) is 17.0. The predicted octanol–water partition coefficient (Wildman–Crippen LogP) is 5.12. The molecule has 1 aliphatic rings. The molecule has 5 rings (SSSR count). The fourth-order valence-corrected chi connectivity index (χ4v) is 4.83. The van der Waals surface area contributed by atoms with Crippen molar-refractivity contribution >= 4 is 78.7 Å². The quantitative estimate of drug-likeness (QED) is 0.152. The molecule has 2 aromatic carbocycles. The molecule has 0 saturated carbocycles. The molecule has 1 saturated heterocycles. The third-order valence-corrected chi connectivity index (χ3v) is 7.19. The molecule has 9 nitrogen and oxygen atoms in total. The van der Waals surface area contributed by atoms with E-state index in [4.69, 9.17) is 4.98 Å². The molecule has 3 N–H and O–H groups in total. The average molecular weight is 645 g/mol. The van der Waals surface area contributed by atoms with Crippen molar-refractivity contribution in [1.82, 2.24) is 23.3 Å². The Kier molecular flexibility index (Phi) is 6.97. The van der Waals surface area contributed by atoms with E-state index in [1.807, 2.05) is 36.4 Å². The topological polar surface area (TPSA) is 102 Å². The smallest absolute Gasteiger partial charge is 0.247 e. The van der Waals surface area contributed by atoms with Crippen LogP contribution in [0.4, 0.5) is 23.0 Å². The Morgan fingerprint density at radius 3 is 2.66 bits per heavy atom. The number of aromatic amines is 1. The summed E-state index contributed by atoms with van der Waals surface area (Å²) in [5, 5.41) is 14.2. The van der Waals surface area contributed by atoms with Gasteiger partial charge in [-0.25, -0.2) is 8.10 Å². The van der Waals surface area contributed by atoms with Crippen LogP contribution in [0, 0.1) is 0 Å². The summed E-state index contributed by atoms with van der Waals surface area (Å²) in [5.41, 5.74) is 4.73. The summed E-state index contributed by atoms with van der Waals surface area (Å²) in [7, 11) is 0. The van der Waals surface area contributed by atoms with Crippen molar-refractivity contribution in [3.8, 4) is 11.3 Å². The van der Waals surface area contributed by atoms with E-state index < -0.39 is 0 Å². The Hall–Kier alpha value is -3.03. The zero-order valence-electron chi connectivity index (χ0n) is 18.6. The molecular formula is C24H22BrIN8O. The predicted molar refractivity (Wildman–Crippen MR) is 151 cm³/mol. The van der Waals surface area contributed by atoms with E-state index in [-0.39, 0.29) is 5.91 Å². The average Bonchev–Trinajstić information content (AvgIpc) is 3.24. The van der Waals surface area contributed by atoms with Crippen LogP contribution in [0.5, 0.6) is 0 Å². The molecule has 4 aromatic rings. The highest BCUT2D eigenvalue weighted by molar-refractivity contribution is 14.1. The summed E-state index contributed by atoms with van der Waals surface area (Å²) in [4.78, 5) is 23.6. The Balaban J connectivity index is 1.48. The number of hydrogen-bond acceptors (Lipinski definition) is 7. The molecule has 1 amide bonds. The van der Waals surface area contributed by atoms with Gasteiger partial charge in [0.2, 0.25) is 11.9 Å². The molecule has 0 spiro atoms. The van der Waals surface area contributed by atoms with Gasteiger partial charge < -0.3 is 15.5 Å². The second-order valence-electron chi connectivity index (χ2n) is 7.98. The lowest BCUT2D eigenvalue weighted by Crippen LogP contribution is -2.42. The van der Waals surface area contributed by atoms with E-state index in [1.54, 1.807) is 0 Å². The number of H-pyrrole nitrogens is 1. The van der Waals surface area contributed by atoms with Crippen LogP contribution in [0.2, 0.25) is 0 Å². The largest absolute Gasteiger partial charge is 0.369 e. The normalized spacial score (nSPS) is 14.2. The Bertz CT molecular complexity index is 1400. The number of piperazine rings is 1. The van der Waals surface area contributed by atoms with Gasteiger partial charge in [0, 0.05) is 71.7 Å². The molecular weight excluding hydrogens is 623 g/mol. The van der Waals surface area contributed by atoms with E-state index in [0.29, 0.717) is 27.6 Å². The minimum absolute atomic E-state index is 0.276. The highest BCUT2D eigenvalue weighted by Crippen LogP contribution is 2.33. The van der Waals surface area contributed by atoms with Gasteiger partial charge in [0.1, 0.15) is 4.60 Å². The van der Waals surface area contributed by atoms with Gasteiger partial charge in [-0.1, -0.05) is 24.8 Å². The highest BCUT2D eigenvalue weighted by Gasteiger charge is 2.18. The summed E-state index contributed by atoms with van der Waals surface area (Å²) in [6.07, 6.45) is 1.24. The van der Waals surface area contributed by atoms with Crippen LogP contribution in [0.1, 0.15) is 0 Å². The van der Waals surface area contributed by atoms with Crippen molar-refractivity contribution in [3.63, 3.8) is 0 Å². The van der Waals surface area contributed by atoms with E-state index in [0.717, 1.165) is 48.5 Å². The number of carbonyl (C=O) groups is 1. The first kappa shape index (κ1) is 23.7. The van der Waals surface area contributed by atoms with Gasteiger partial charge in [0.25, 0.3) is 0 Å². The molecule has 1 aliphatic heterocycles. The number of nitrogens with zero attached hydrogens (tertiary/aromatic N) is 5. The van der Waals surface area contributed by atoms with Gasteiger partial charge in [-0.3, -0.25) is 9.89 Å². The molecule has 1 fully saturated rings. The van der Waals surface area contributed by atoms with Crippen molar-refractivity contribution in [2.45, 2.75) is 0 Å². The molecule has 2 aromatic heterocycles. The second kappa shape index (κ2) is 10.3. The molecule has 0 radical (unpaired) electrons. The second-order valence-corrected chi connectivity index (χ2v) is 10.1. The number of amides is 1. The van der Waals surface area contributed by atoms with Gasteiger partial charge >= 0.3 is 0 Å². The molecule has 0 bridgehead atoms. The zero-order valence-corrected chi connectivity index (χ0v) is 22.4. The molecule has 3 heterocycles. The third kappa shape index (κ3) is 5.31. The number of carbonyl (C=O) groups excluding carboxylic acids is 1. The summed E-state index contributed by atoms with van der Waals surface area (Å²) in [6.45, 7) is 7.54. The van der Waals surface area contributed by atoms with Crippen molar-refractivity contribution in [2.75, 3.05) is 41.7 Å². The van der Waals surface area contributed by atoms with Crippen LogP contribution < -0.4 is 15.5 Å². The van der Waals surface area contributed by atoms with E-state index >= 15 is 0 Å². The summed E-state index contributed by atoms with van der Waals surface area (Å²) in [5.74, 6) is 0.155. The number of halogens is 2. The number of anilines is 4. The molecule has 11 heteroatoms. The maximum Gasteiger partial charge on any atom is 0.247 e. The first-order valence-corrected chi connectivity index (χ1v) is 12.7. The van der Waals surface area contributed by atoms with Crippen molar-refractivity contribution in [2.24, 2.45) is 0 Å². The van der Waals surface area contributed by atoms with Crippen molar-refractivity contribution < 1.29 is 4.79 Å². The number of hydrogen-bond donors (Lipinski definition) is 3. The Morgan fingerprint density at radius 2 is 1.86 bits per heavy atom. The van der Waals surface area contributed by atoms with E-state index in [2.05, 4.69) is 91.3 Å². The fourth-order valence-electron chi connectivity index (χ4n) is 3.94. The Labute approximate surface area is 224 Å². The monoisotopic (exact) mass is 644 g/mol. The minimum atomic E-state index is -0.276. The first-order valence-electron chi connectivity index (χ1n) is 11.0. The maximum absolute atomic E-state index is 11.8. The van der Waals surface area contributed by atoms with Gasteiger partial charge in [-0.15, -0.1) is 0 Å². The van der Waals surface area contributed by atoms with Crippen LogP contribution >= 0.6 is 38.8 Å². The standard InChI is InChI=1S/C24H22BrIN8O/c1-2-19(35)27-16-6-3-5-15(13-16)21-20-22(25)31-32-23(20)30-24(29-21)28-17-7-4-8-18(14-17)33-9-11-34(26)12-10-33/h2-8,13-14H,1,9-12H2,(H,27,35)(H2,28,29,30,31,32). The molecule has 0 aliphatic carbocycles. The van der Waals surface area contributed by atoms with Crippen LogP contribution in [0.15, 0.2) is 65.8 Å². The lowest BCUT2D eigenvalue weighted by molar-refractivity contribution is -0.111. The molecule has 0 atom stereocenters. The number of nitrogens with one attached hydrogen (secondary N) is 3. The van der Waals surface area contributed by atoms with E-state index in [9.17, 15) is 4.79 Å². The number of benzene rings is 2. The van der Waals surface area contributed by atoms with Crippen LogP contribution in [-0.4, -0.2) is 55.4 Å². The molecule has 178 valence electrons. The maximum atomic E-state index is 11.8. The number of rotatable bonds is 6. The lowest BCUT2D eigenvalue weighted by atomic mass is 10.1. The van der Waals surface area contributed by atoms with Crippen molar-refractivity contribution in [1.29, 1.82) is 0 Å². The van der Waals surface area contributed by atoms with Gasteiger partial charge in [-0.05, 0) is 52.3 Å². The summed E-state index contributed by atoms with van der Waals surface area (Å²) >= 11 is 5.90. The van der Waals surface area contributed by atoms with E-state index in [1.165, 1.54) is 6.08 Å². The van der Waals surface area contributed by atoms with Crippen LogP contribution in [0.3, 0.4) is 0 Å². The SMILES string of the molecule is C=CC(=O)Nc1cccc(-c2nc(Nc3cccc(N4CCN(I)CC4)c3)nc3n[nH]c(Br)c23)c1. The number of aromatic nitrogens is 4. The van der Waals surface area contributed by atoms with Crippen molar-refractivity contribution in [3.05, 3.63) is 65.8 Å². The highest BCUT2D eigenvalue weighted by atomic mass is 127. The van der Waals surface area contributed by atoms with Gasteiger partial charge in [-0.2, -0.15) is 10.1 Å². The molecule has 35 heavy (non-hydrogen) atoms. The van der Waals surface area contributed by atoms with Gasteiger partial charge in [0.05, 0.1) is 11.1 Å². The lowest BCUT2D eigenvalue weighted by Gasteiger charge is -2.33. The fraction of sp³-hybridized carbons (Fsp3) is 0.167. The summed E-state index contributed by atoms with van der Waals surface area (Å²) < 4.78 is 2.99. The zero-order chi connectivity index (χ0) is 24.4. The summed E-state index contributed by atoms with van der Waals surface area (Å²) in [6, 6.07) is 15.7. The Morgan fingerprint density at radius 1 is 1.09 bits per heavy atom. The van der Waals surface area contributed by atoms with Crippen LogP contribution in [0.25, 0.3) is 22.3 Å². The number of fused-ring (bicyclic) bond motifs is 1. The minimum Gasteiger partial charge on any atom is -0.369 e. The molecule has 0 unspecified atom stereocenters.